The van der Waals surface area contributed by atoms with Gasteiger partial charge in [0, 0.05) is 6.42 Å². The number of hydrogen-bond donors (Lipinski definition) is 2. The Labute approximate surface area is 93.6 Å². The van der Waals surface area contributed by atoms with Gasteiger partial charge in [-0.25, -0.2) is 9.59 Å². The van der Waals surface area contributed by atoms with E-state index in [0.717, 1.165) is 0 Å². The van der Waals surface area contributed by atoms with Crippen LogP contribution in [0.5, 0.6) is 0 Å². The number of β-amino-alcohol motifs (C(OH)–C–C–N with tert-alkyl or cyclic N) is 1. The summed E-state index contributed by atoms with van der Waals surface area (Å²) in [6.45, 7) is -2.14. The predicted octanol–water partition coefficient (Wildman–Crippen LogP) is 0.205. The number of nitrogens with zero attached hydrogens (tertiary/aromatic N) is 1. The Balaban J connectivity index is 2.59. The maximum Gasteiger partial charge on any atom is 0.422 e. The van der Waals surface area contributed by atoms with E-state index in [0.29, 0.717) is 4.90 Å². The van der Waals surface area contributed by atoms with Gasteiger partial charge in [-0.3, -0.25) is 4.90 Å². The maximum absolute atomic E-state index is 11.8. The van der Waals surface area contributed by atoms with Crippen molar-refractivity contribution in [2.75, 3.05) is 13.2 Å². The number of amides is 1. The first kappa shape index (κ1) is 13.6. The lowest BCUT2D eigenvalue weighted by Crippen LogP contribution is -2.41. The highest BCUT2D eigenvalue weighted by Crippen LogP contribution is 2.21. The molecule has 0 radical (unpaired) electrons. The molecule has 9 heteroatoms. The van der Waals surface area contributed by atoms with Gasteiger partial charge in [-0.15, -0.1) is 0 Å². The zero-order valence-corrected chi connectivity index (χ0v) is 8.48. The second kappa shape index (κ2) is 4.78. The number of likely N-dealkylation sites (tertiary alicyclic amines) is 1. The van der Waals surface area contributed by atoms with Crippen molar-refractivity contribution in [1.82, 2.24) is 4.90 Å². The van der Waals surface area contributed by atoms with Gasteiger partial charge in [-0.05, 0) is 0 Å². The van der Waals surface area contributed by atoms with Crippen molar-refractivity contribution in [2.24, 2.45) is 0 Å². The second-order valence-electron chi connectivity index (χ2n) is 3.57. The molecule has 2 atom stereocenters. The van der Waals surface area contributed by atoms with Crippen molar-refractivity contribution >= 4 is 12.1 Å². The van der Waals surface area contributed by atoms with Crippen LogP contribution >= 0.6 is 0 Å². The number of alkyl halides is 3. The smallest absolute Gasteiger partial charge is 0.422 e. The molecule has 1 rings (SSSR count). The summed E-state index contributed by atoms with van der Waals surface area (Å²) in [6.07, 6.45) is -7.37. The lowest BCUT2D eigenvalue weighted by Gasteiger charge is -2.20. The summed E-state index contributed by atoms with van der Waals surface area (Å²) in [6, 6.07) is -1.36. The Morgan fingerprint density at radius 1 is 1.41 bits per heavy atom. The molecule has 1 unspecified atom stereocenters. The zero-order valence-electron chi connectivity index (χ0n) is 8.48. The van der Waals surface area contributed by atoms with Gasteiger partial charge in [0.2, 0.25) is 0 Å². The molecule has 1 saturated heterocycles. The highest BCUT2D eigenvalue weighted by atomic mass is 19.4. The predicted molar refractivity (Wildman–Crippen MR) is 46.2 cm³/mol. The summed E-state index contributed by atoms with van der Waals surface area (Å²) < 4.78 is 39.2. The Bertz CT molecular complexity index is 319. The molecule has 0 aromatic carbocycles. The third kappa shape index (κ3) is 3.77. The van der Waals surface area contributed by atoms with E-state index in [1.54, 1.807) is 0 Å². The summed E-state index contributed by atoms with van der Waals surface area (Å²) in [4.78, 5) is 22.4. The fourth-order valence-electron chi connectivity index (χ4n) is 1.48. The van der Waals surface area contributed by atoms with Gasteiger partial charge in [0.05, 0.1) is 12.6 Å². The molecular formula is C8H10F3NO5. The summed E-state index contributed by atoms with van der Waals surface area (Å²) in [5.41, 5.74) is 0. The van der Waals surface area contributed by atoms with Crippen molar-refractivity contribution < 1.29 is 37.7 Å². The molecule has 1 aliphatic rings. The fraction of sp³-hybridized carbons (Fsp3) is 0.750. The van der Waals surface area contributed by atoms with Gasteiger partial charge < -0.3 is 14.9 Å². The molecule has 0 aliphatic carbocycles. The van der Waals surface area contributed by atoms with Crippen LogP contribution in [0.2, 0.25) is 0 Å². The van der Waals surface area contributed by atoms with Crippen molar-refractivity contribution in [2.45, 2.75) is 24.7 Å². The number of aliphatic hydroxyl groups excluding tert-OH is 1. The highest BCUT2D eigenvalue weighted by Gasteiger charge is 2.41. The first-order valence-corrected chi connectivity index (χ1v) is 4.61. The van der Waals surface area contributed by atoms with Crippen molar-refractivity contribution in [1.29, 1.82) is 0 Å². The molecule has 2 N–H and O–H groups in total. The van der Waals surface area contributed by atoms with Crippen LogP contribution in [0.1, 0.15) is 6.42 Å². The summed E-state index contributed by atoms with van der Waals surface area (Å²) in [7, 11) is 0. The van der Waals surface area contributed by atoms with Crippen LogP contribution in [-0.2, 0) is 9.53 Å². The molecule has 1 amide bonds. The van der Waals surface area contributed by atoms with Crippen LogP contribution < -0.4 is 0 Å². The normalized spacial score (nSPS) is 24.8. The van der Waals surface area contributed by atoms with Crippen molar-refractivity contribution in [3.63, 3.8) is 0 Å². The number of halogens is 3. The van der Waals surface area contributed by atoms with Crippen molar-refractivity contribution in [3.8, 4) is 0 Å². The van der Waals surface area contributed by atoms with E-state index in [2.05, 4.69) is 4.74 Å². The van der Waals surface area contributed by atoms with E-state index >= 15 is 0 Å². The number of ether oxygens (including phenoxy) is 1. The first-order valence-electron chi connectivity index (χ1n) is 4.61. The van der Waals surface area contributed by atoms with E-state index in [1.165, 1.54) is 0 Å². The number of hydrogen-bond acceptors (Lipinski definition) is 4. The van der Waals surface area contributed by atoms with Gasteiger partial charge >= 0.3 is 18.2 Å². The molecule has 1 aliphatic heterocycles. The first-order chi connectivity index (χ1) is 7.70. The zero-order chi connectivity index (χ0) is 13.2. The topological polar surface area (TPSA) is 87.1 Å². The molecule has 6 nitrogen and oxygen atoms in total. The minimum absolute atomic E-state index is 0.226. The summed E-state index contributed by atoms with van der Waals surface area (Å²) in [5, 5.41) is 17.9. The third-order valence-corrected chi connectivity index (χ3v) is 2.16. The Hall–Kier alpha value is -1.51. The monoisotopic (exact) mass is 257 g/mol. The van der Waals surface area contributed by atoms with Crippen LogP contribution in [0.3, 0.4) is 0 Å². The largest absolute Gasteiger partial charge is 0.480 e. The Kier molecular flexibility index (Phi) is 3.81. The molecule has 1 fully saturated rings. The van der Waals surface area contributed by atoms with Crippen LogP contribution in [0.4, 0.5) is 18.0 Å². The van der Waals surface area contributed by atoms with Crippen LogP contribution in [0.15, 0.2) is 0 Å². The number of aliphatic hydroxyl groups is 1. The van der Waals surface area contributed by atoms with Crippen molar-refractivity contribution in [3.05, 3.63) is 0 Å². The number of carbonyl (C=O) groups excluding carboxylic acids is 1. The third-order valence-electron chi connectivity index (χ3n) is 2.16. The number of rotatable bonds is 2. The van der Waals surface area contributed by atoms with E-state index in [9.17, 15) is 22.8 Å². The summed E-state index contributed by atoms with van der Waals surface area (Å²) in [5.74, 6) is -1.40. The second-order valence-corrected chi connectivity index (χ2v) is 3.57. The minimum atomic E-state index is -4.67. The molecule has 98 valence electrons. The molecule has 0 bridgehead atoms. The fourth-order valence-corrected chi connectivity index (χ4v) is 1.48. The molecule has 17 heavy (non-hydrogen) atoms. The molecule has 0 aromatic heterocycles. The molecule has 0 spiro atoms. The Morgan fingerprint density at radius 3 is 2.47 bits per heavy atom. The van der Waals surface area contributed by atoms with Gasteiger partial charge in [0.15, 0.2) is 6.61 Å². The summed E-state index contributed by atoms with van der Waals surface area (Å²) >= 11 is 0. The van der Waals surface area contributed by atoms with Gasteiger partial charge in [-0.2, -0.15) is 13.2 Å². The molecular weight excluding hydrogens is 247 g/mol. The van der Waals surface area contributed by atoms with Crippen LogP contribution in [-0.4, -0.2) is 58.6 Å². The SMILES string of the molecule is O=C(O)[C@@H]1CC(O)CN1C(=O)OCC(F)(F)F. The van der Waals surface area contributed by atoms with Gasteiger partial charge in [0.25, 0.3) is 0 Å². The lowest BCUT2D eigenvalue weighted by molar-refractivity contribution is -0.163. The van der Waals surface area contributed by atoms with Crippen LogP contribution in [0, 0.1) is 0 Å². The van der Waals surface area contributed by atoms with E-state index in [-0.39, 0.29) is 13.0 Å². The number of carboxylic acid groups (broad SMARTS) is 1. The van der Waals surface area contributed by atoms with Crippen LogP contribution in [0.25, 0.3) is 0 Å². The number of aliphatic carboxylic acids is 1. The average molecular weight is 257 g/mol. The van der Waals surface area contributed by atoms with E-state index < -0.39 is 37.0 Å². The highest BCUT2D eigenvalue weighted by molar-refractivity contribution is 5.80. The van der Waals surface area contributed by atoms with Gasteiger partial charge in [-0.1, -0.05) is 0 Å². The number of carboxylic acids is 1. The van der Waals surface area contributed by atoms with Gasteiger partial charge in [0.1, 0.15) is 6.04 Å². The molecule has 0 aromatic rings. The molecule has 1 heterocycles. The standard InChI is InChI=1S/C8H10F3NO5/c9-8(10,11)3-17-7(16)12-2-4(13)1-5(12)6(14)15/h4-5,13H,1-3H2,(H,14,15)/t4?,5-/m0/s1. The minimum Gasteiger partial charge on any atom is -0.480 e. The average Bonchev–Trinajstić information content (AvgIpc) is 2.55. The lowest BCUT2D eigenvalue weighted by atomic mass is 10.2. The number of carbonyl (C=O) groups is 2. The molecule has 0 saturated carbocycles. The maximum atomic E-state index is 11.8. The van der Waals surface area contributed by atoms with E-state index in [1.807, 2.05) is 0 Å². The Morgan fingerprint density at radius 2 is 2.00 bits per heavy atom. The van der Waals surface area contributed by atoms with E-state index in [4.69, 9.17) is 10.2 Å². The quantitative estimate of drug-likeness (QED) is 0.738.